The Morgan fingerprint density at radius 2 is 2.32 bits per heavy atom. The van der Waals surface area contributed by atoms with Crippen LogP contribution in [-0.4, -0.2) is 33.0 Å². The number of nitrogens with one attached hydrogen (secondary N) is 2. The molecule has 22 heavy (non-hydrogen) atoms. The number of piperidine rings is 1. The fourth-order valence-electron chi connectivity index (χ4n) is 2.88. The molecule has 0 bridgehead atoms. The van der Waals surface area contributed by atoms with Gasteiger partial charge in [0.25, 0.3) is 0 Å². The third-order valence-corrected chi connectivity index (χ3v) is 4.17. The summed E-state index contributed by atoms with van der Waals surface area (Å²) < 4.78 is 1.82. The summed E-state index contributed by atoms with van der Waals surface area (Å²) in [6.45, 7) is 5.15. The molecule has 1 saturated heterocycles. The van der Waals surface area contributed by atoms with E-state index in [0.29, 0.717) is 5.69 Å². The molecule has 2 aromatic rings. The van der Waals surface area contributed by atoms with Gasteiger partial charge in [0.15, 0.2) is 0 Å². The number of nitrogens with zero attached hydrogens (tertiary/aromatic N) is 3. The van der Waals surface area contributed by atoms with E-state index in [1.165, 1.54) is 0 Å². The highest BCUT2D eigenvalue weighted by atomic mass is 16.2. The molecule has 1 aliphatic rings. The molecule has 3 rings (SSSR count). The molecule has 6 heteroatoms. The van der Waals surface area contributed by atoms with Crippen LogP contribution >= 0.6 is 0 Å². The van der Waals surface area contributed by atoms with Gasteiger partial charge in [-0.15, -0.1) is 0 Å². The molecule has 1 unspecified atom stereocenters. The van der Waals surface area contributed by atoms with Gasteiger partial charge < -0.3 is 10.6 Å². The molecule has 0 radical (unpaired) electrons. The maximum Gasteiger partial charge on any atom is 0.242 e. The lowest BCUT2D eigenvalue weighted by molar-refractivity contribution is -0.121. The van der Waals surface area contributed by atoms with E-state index in [0.717, 1.165) is 25.2 Å². The van der Waals surface area contributed by atoms with Gasteiger partial charge in [0.2, 0.25) is 5.91 Å². The fourth-order valence-corrected chi connectivity index (χ4v) is 2.88. The summed E-state index contributed by atoms with van der Waals surface area (Å²) in [6.07, 6.45) is 9.05. The van der Waals surface area contributed by atoms with E-state index in [2.05, 4.69) is 34.4 Å². The maximum absolute atomic E-state index is 12.5. The van der Waals surface area contributed by atoms with Crippen molar-refractivity contribution in [3.63, 3.8) is 0 Å². The molecule has 6 nitrogen and oxygen atoms in total. The van der Waals surface area contributed by atoms with E-state index in [1.54, 1.807) is 18.7 Å². The number of pyridine rings is 1. The average Bonchev–Trinajstić information content (AvgIpc) is 3.01. The fraction of sp³-hybridized carbons (Fsp3) is 0.438. The van der Waals surface area contributed by atoms with Gasteiger partial charge in [0, 0.05) is 12.4 Å². The SMILES string of the molecule is CC1(C)CCCNC1C(=O)Nc1ccc(-n2ccnc2)nc1. The van der Waals surface area contributed by atoms with Crippen molar-refractivity contribution in [3.8, 4) is 5.82 Å². The number of carbonyl (C=O) groups is 1. The Hall–Kier alpha value is -2.21. The summed E-state index contributed by atoms with van der Waals surface area (Å²) in [5.41, 5.74) is 0.670. The van der Waals surface area contributed by atoms with Crippen LogP contribution in [0.4, 0.5) is 5.69 Å². The van der Waals surface area contributed by atoms with Crippen LogP contribution in [0.25, 0.3) is 5.82 Å². The third-order valence-electron chi connectivity index (χ3n) is 4.17. The first-order chi connectivity index (χ1) is 10.6. The molecule has 1 amide bonds. The predicted octanol–water partition coefficient (Wildman–Crippen LogP) is 1.98. The Kier molecular flexibility index (Phi) is 3.94. The number of rotatable bonds is 3. The van der Waals surface area contributed by atoms with Crippen molar-refractivity contribution in [2.75, 3.05) is 11.9 Å². The van der Waals surface area contributed by atoms with Gasteiger partial charge >= 0.3 is 0 Å². The lowest BCUT2D eigenvalue weighted by atomic mass is 9.77. The van der Waals surface area contributed by atoms with Gasteiger partial charge in [0.05, 0.1) is 17.9 Å². The Morgan fingerprint density at radius 1 is 1.45 bits per heavy atom. The molecule has 2 aromatic heterocycles. The van der Waals surface area contributed by atoms with Gasteiger partial charge in [-0.05, 0) is 36.9 Å². The molecule has 1 fully saturated rings. The van der Waals surface area contributed by atoms with Crippen LogP contribution in [0.2, 0.25) is 0 Å². The average molecular weight is 299 g/mol. The first kappa shape index (κ1) is 14.7. The van der Waals surface area contributed by atoms with Crippen molar-refractivity contribution in [2.24, 2.45) is 5.41 Å². The van der Waals surface area contributed by atoms with E-state index >= 15 is 0 Å². The van der Waals surface area contributed by atoms with Crippen LogP contribution in [0.1, 0.15) is 26.7 Å². The Labute approximate surface area is 130 Å². The molecule has 0 aliphatic carbocycles. The molecule has 116 valence electrons. The summed E-state index contributed by atoms with van der Waals surface area (Å²) in [5, 5.41) is 6.27. The molecule has 3 heterocycles. The number of aromatic nitrogens is 3. The molecule has 0 aromatic carbocycles. The minimum Gasteiger partial charge on any atom is -0.323 e. The van der Waals surface area contributed by atoms with Crippen LogP contribution in [0.5, 0.6) is 0 Å². The van der Waals surface area contributed by atoms with Crippen LogP contribution in [0, 0.1) is 5.41 Å². The third kappa shape index (κ3) is 3.01. The molecular weight excluding hydrogens is 278 g/mol. The minimum absolute atomic E-state index is 0.00174. The minimum atomic E-state index is -0.172. The lowest BCUT2D eigenvalue weighted by Crippen LogP contribution is -2.53. The van der Waals surface area contributed by atoms with Crippen molar-refractivity contribution in [2.45, 2.75) is 32.7 Å². The van der Waals surface area contributed by atoms with Crippen molar-refractivity contribution in [3.05, 3.63) is 37.1 Å². The first-order valence-corrected chi connectivity index (χ1v) is 7.55. The van der Waals surface area contributed by atoms with Crippen molar-refractivity contribution >= 4 is 11.6 Å². The quantitative estimate of drug-likeness (QED) is 0.909. The number of anilines is 1. The topological polar surface area (TPSA) is 71.8 Å². The Balaban J connectivity index is 1.69. The van der Waals surface area contributed by atoms with E-state index in [4.69, 9.17) is 0 Å². The first-order valence-electron chi connectivity index (χ1n) is 7.55. The zero-order valence-electron chi connectivity index (χ0n) is 12.9. The molecule has 2 N–H and O–H groups in total. The molecule has 1 aliphatic heterocycles. The zero-order chi connectivity index (χ0) is 15.6. The van der Waals surface area contributed by atoms with E-state index in [-0.39, 0.29) is 17.4 Å². The van der Waals surface area contributed by atoms with Gasteiger partial charge in [0.1, 0.15) is 12.1 Å². The maximum atomic E-state index is 12.5. The van der Waals surface area contributed by atoms with Crippen LogP contribution in [0.3, 0.4) is 0 Å². The van der Waals surface area contributed by atoms with Crippen LogP contribution in [-0.2, 0) is 4.79 Å². The molecular formula is C16H21N5O. The van der Waals surface area contributed by atoms with E-state index in [1.807, 2.05) is 22.9 Å². The molecule has 1 atom stereocenters. The summed E-state index contributed by atoms with van der Waals surface area (Å²) >= 11 is 0. The van der Waals surface area contributed by atoms with Crippen LogP contribution in [0.15, 0.2) is 37.1 Å². The van der Waals surface area contributed by atoms with Crippen molar-refractivity contribution in [1.82, 2.24) is 19.9 Å². The normalized spacial score (nSPS) is 20.5. The summed E-state index contributed by atoms with van der Waals surface area (Å²) in [7, 11) is 0. The largest absolute Gasteiger partial charge is 0.323 e. The highest BCUT2D eigenvalue weighted by Gasteiger charge is 2.37. The molecule has 0 saturated carbocycles. The standard InChI is InChI=1S/C16H21N5O/c1-16(2)6-3-7-18-14(16)15(22)20-12-4-5-13(19-10-12)21-9-8-17-11-21/h4-5,8-11,14,18H,3,6-7H2,1-2H3,(H,20,22). The number of imidazole rings is 1. The highest BCUT2D eigenvalue weighted by molar-refractivity contribution is 5.95. The zero-order valence-corrected chi connectivity index (χ0v) is 12.9. The highest BCUT2D eigenvalue weighted by Crippen LogP contribution is 2.30. The monoisotopic (exact) mass is 299 g/mol. The van der Waals surface area contributed by atoms with E-state index in [9.17, 15) is 4.79 Å². The number of carbonyl (C=O) groups excluding carboxylic acids is 1. The lowest BCUT2D eigenvalue weighted by Gasteiger charge is -2.38. The van der Waals surface area contributed by atoms with Crippen LogP contribution < -0.4 is 10.6 Å². The second kappa shape index (κ2) is 5.88. The Bertz CT molecular complexity index is 633. The number of amides is 1. The predicted molar refractivity (Wildman–Crippen MR) is 84.8 cm³/mol. The van der Waals surface area contributed by atoms with Crippen molar-refractivity contribution in [1.29, 1.82) is 0 Å². The smallest absolute Gasteiger partial charge is 0.242 e. The number of hydrogen-bond acceptors (Lipinski definition) is 4. The van der Waals surface area contributed by atoms with E-state index < -0.39 is 0 Å². The second-order valence-corrected chi connectivity index (χ2v) is 6.34. The number of hydrogen-bond donors (Lipinski definition) is 2. The van der Waals surface area contributed by atoms with Gasteiger partial charge in [-0.1, -0.05) is 13.8 Å². The summed E-state index contributed by atoms with van der Waals surface area (Å²) in [4.78, 5) is 20.8. The van der Waals surface area contributed by atoms with Gasteiger partial charge in [-0.3, -0.25) is 9.36 Å². The Morgan fingerprint density at radius 3 is 2.95 bits per heavy atom. The second-order valence-electron chi connectivity index (χ2n) is 6.34. The van der Waals surface area contributed by atoms with Gasteiger partial charge in [-0.25, -0.2) is 9.97 Å². The summed E-state index contributed by atoms with van der Waals surface area (Å²) in [5.74, 6) is 0.772. The van der Waals surface area contributed by atoms with Crippen molar-refractivity contribution < 1.29 is 4.79 Å². The summed E-state index contributed by atoms with van der Waals surface area (Å²) in [6, 6.07) is 3.54. The van der Waals surface area contributed by atoms with Gasteiger partial charge in [-0.2, -0.15) is 0 Å². The molecule has 0 spiro atoms.